The zero-order chi connectivity index (χ0) is 62.7. The van der Waals surface area contributed by atoms with Gasteiger partial charge in [0.05, 0.1) is 28.8 Å². The average molecular weight is 1190 g/mol. The number of rotatable bonds is 32. The number of hydrogen-bond donors (Lipinski definition) is 8. The standard InChI is InChI=1S/C55H72N14O16/c1-7-33(5)45(52(75)66(40-18-12-19-41(67(78)79)46(40)68(80)81)43(28-36-29-58-31-60-36)51(74)65-26-14-20-42(65)47(70)55(6,77)53(76)84-8-2)63-49(72)39(27-34-21-23-37(24-22-34)85-30-35-15-10-9-11-16-35)61-50(73)44(32(3)4)62-48(71)38(64-69(82)83)17-13-25-59-54(56)57/h9-12,15-16,18-19,21-24,29,31-33,38-39,42-45,64,77H,7-8,13-14,17,20,25-28,30H2,1-6H3,(H,58,60)(H,61,73)(H,62,71)(H,63,72)(H4,56,57,59)/t33-,38-,39-,42-,43-,44-,45-,55+/m0/s1. The molecule has 30 nitrogen and oxygen atoms in total. The van der Waals surface area contributed by atoms with Crippen molar-refractivity contribution in [2.75, 3.05) is 24.6 Å². The SMILES string of the molecule is CCOC(=O)[C@](C)(O)C(=O)[C@@H]1CCCN1C(=O)[C@H](Cc1cnc[nH]1)N(C(=O)[C@@H](NC(=O)[C@H](Cc1ccc(OCc2ccccc2)cc1)NC(=O)[C@@H](NC(=O)[C@H](CCCN=C(N)N)N[N+](=O)[O-])C(C)C)[C@@H](C)CC)c1cccc([N+](=O)[O-])c1[N+](=O)[O-]. The summed E-state index contributed by atoms with van der Waals surface area (Å²) in [5.41, 5.74) is 8.31. The normalized spacial score (nSPS) is 15.7. The smallest absolute Gasteiger partial charge is 0.369 e. The van der Waals surface area contributed by atoms with E-state index < -0.39 is 133 Å². The molecule has 3 aromatic carbocycles. The highest BCUT2D eigenvalue weighted by molar-refractivity contribution is 6.11. The van der Waals surface area contributed by atoms with Gasteiger partial charge in [-0.25, -0.2) is 19.9 Å². The number of aliphatic imine (C=N–C) groups is 1. The molecule has 0 spiro atoms. The molecule has 8 atom stereocenters. The van der Waals surface area contributed by atoms with Gasteiger partial charge in [-0.15, -0.1) is 5.43 Å². The van der Waals surface area contributed by atoms with Gasteiger partial charge in [-0.3, -0.25) is 58.9 Å². The van der Waals surface area contributed by atoms with E-state index in [0.717, 1.165) is 35.6 Å². The van der Waals surface area contributed by atoms with Crippen molar-refractivity contribution in [3.8, 4) is 5.75 Å². The molecule has 4 aromatic rings. The van der Waals surface area contributed by atoms with Crippen LogP contribution in [-0.2, 0) is 57.7 Å². The second-order valence-electron chi connectivity index (χ2n) is 20.7. The molecule has 0 saturated carbocycles. The molecule has 0 bridgehead atoms. The van der Waals surface area contributed by atoms with Crippen molar-refractivity contribution in [3.63, 3.8) is 0 Å². The summed E-state index contributed by atoms with van der Waals surface area (Å²) in [5.74, 6) is -9.20. The maximum atomic E-state index is 16.0. The molecule has 5 rings (SSSR count). The molecule has 0 aliphatic carbocycles. The molecular weight excluding hydrogens is 1110 g/mol. The van der Waals surface area contributed by atoms with E-state index in [1.807, 2.05) is 35.8 Å². The quantitative estimate of drug-likeness (QED) is 0.00661. The Morgan fingerprint density at radius 1 is 0.859 bits per heavy atom. The maximum absolute atomic E-state index is 16.0. The molecule has 1 fully saturated rings. The maximum Gasteiger partial charge on any atom is 0.369 e. The van der Waals surface area contributed by atoms with Crippen LogP contribution in [0.1, 0.15) is 90.5 Å². The van der Waals surface area contributed by atoms with Gasteiger partial charge in [0.15, 0.2) is 22.8 Å². The van der Waals surface area contributed by atoms with Gasteiger partial charge in [0, 0.05) is 43.9 Å². The number of nitrogens with one attached hydrogen (secondary N) is 5. The lowest BCUT2D eigenvalue weighted by molar-refractivity contribution is -0.548. The summed E-state index contributed by atoms with van der Waals surface area (Å²) in [4.78, 5) is 150. The first-order valence-corrected chi connectivity index (χ1v) is 27.4. The number of nitrogens with zero attached hydrogens (tertiary/aromatic N) is 7. The van der Waals surface area contributed by atoms with Crippen LogP contribution >= 0.6 is 0 Å². The van der Waals surface area contributed by atoms with E-state index in [2.05, 4.69) is 30.9 Å². The number of likely N-dealkylation sites (tertiary alicyclic amines) is 1. The minimum Gasteiger partial charge on any atom is -0.489 e. The van der Waals surface area contributed by atoms with Crippen molar-refractivity contribution < 1.29 is 63.0 Å². The number of guanidine groups is 1. The molecule has 1 aromatic heterocycles. The zero-order valence-corrected chi connectivity index (χ0v) is 47.8. The first-order chi connectivity index (χ1) is 40.3. The third-order valence-corrected chi connectivity index (χ3v) is 14.2. The van der Waals surface area contributed by atoms with Crippen molar-refractivity contribution in [2.45, 2.75) is 135 Å². The largest absolute Gasteiger partial charge is 0.489 e. The number of nitro benzene ring substituents is 2. The van der Waals surface area contributed by atoms with Gasteiger partial charge in [-0.2, -0.15) is 0 Å². The molecule has 10 N–H and O–H groups in total. The van der Waals surface area contributed by atoms with Crippen LogP contribution in [-0.4, -0.2) is 144 Å². The molecule has 30 heteroatoms. The van der Waals surface area contributed by atoms with E-state index >= 15 is 14.4 Å². The van der Waals surface area contributed by atoms with Crippen molar-refractivity contribution in [3.05, 3.63) is 132 Å². The Morgan fingerprint density at radius 3 is 2.12 bits per heavy atom. The number of carbonyl (C=O) groups is 7. The van der Waals surface area contributed by atoms with E-state index in [4.69, 9.17) is 20.9 Å². The fourth-order valence-corrected chi connectivity index (χ4v) is 9.50. The number of aromatic amines is 1. The number of hydrazine groups is 1. The van der Waals surface area contributed by atoms with E-state index in [9.17, 15) is 54.6 Å². The lowest BCUT2D eigenvalue weighted by atomic mass is 9.92. The summed E-state index contributed by atoms with van der Waals surface area (Å²) in [5, 5.41) is 55.5. The number of aliphatic hydroxyl groups is 1. The number of Topliss-reactive ketones (excluding diaryl/α,β-unsaturated/α-hetero) is 1. The van der Waals surface area contributed by atoms with Crippen LogP contribution < -0.4 is 42.5 Å². The van der Waals surface area contributed by atoms with Crippen molar-refractivity contribution in [1.29, 1.82) is 0 Å². The first kappa shape index (κ1) is 66.2. The summed E-state index contributed by atoms with van der Waals surface area (Å²) in [6.07, 6.45) is 1.70. The van der Waals surface area contributed by atoms with Crippen LogP contribution in [0, 0.1) is 42.2 Å². The molecule has 458 valence electrons. The Hall–Kier alpha value is -9.61. The summed E-state index contributed by atoms with van der Waals surface area (Å²) in [7, 11) is 0. The van der Waals surface area contributed by atoms with Gasteiger partial charge in [0.25, 0.3) is 5.91 Å². The van der Waals surface area contributed by atoms with Gasteiger partial charge in [-0.05, 0) is 80.7 Å². The molecular formula is C55H72N14O16. The molecule has 85 heavy (non-hydrogen) atoms. The Bertz CT molecular complexity index is 3050. The fourth-order valence-electron chi connectivity index (χ4n) is 9.50. The van der Waals surface area contributed by atoms with Gasteiger partial charge >= 0.3 is 17.3 Å². The van der Waals surface area contributed by atoms with Gasteiger partial charge in [0.2, 0.25) is 29.2 Å². The van der Waals surface area contributed by atoms with E-state index in [-0.39, 0.29) is 76.5 Å². The van der Waals surface area contributed by atoms with Crippen LogP contribution in [0.4, 0.5) is 17.1 Å². The minimum absolute atomic E-state index is 0.0143. The van der Waals surface area contributed by atoms with E-state index in [0.29, 0.717) is 16.2 Å². The first-order valence-electron chi connectivity index (χ1n) is 27.4. The monoisotopic (exact) mass is 1180 g/mol. The predicted octanol–water partition coefficient (Wildman–Crippen LogP) is 2.23. The third-order valence-electron chi connectivity index (χ3n) is 14.2. The number of aromatic nitrogens is 2. The number of ketones is 1. The number of esters is 1. The second-order valence-corrected chi connectivity index (χ2v) is 20.7. The molecule has 1 aliphatic rings. The van der Waals surface area contributed by atoms with Crippen molar-refractivity contribution in [2.24, 2.45) is 28.3 Å². The summed E-state index contributed by atoms with van der Waals surface area (Å²) in [6.45, 7) is 8.44. The van der Waals surface area contributed by atoms with Crippen LogP contribution in [0.25, 0.3) is 0 Å². The Morgan fingerprint density at radius 2 is 1.53 bits per heavy atom. The minimum atomic E-state index is -2.78. The lowest BCUT2D eigenvalue weighted by Gasteiger charge is -2.38. The number of nitro groups is 3. The van der Waals surface area contributed by atoms with E-state index in [1.165, 1.54) is 26.4 Å². The number of amides is 5. The predicted molar refractivity (Wildman–Crippen MR) is 305 cm³/mol. The molecule has 1 aliphatic heterocycles. The van der Waals surface area contributed by atoms with Crippen LogP contribution in [0.15, 0.2) is 90.3 Å². The van der Waals surface area contributed by atoms with Crippen LogP contribution in [0.3, 0.4) is 0 Å². The lowest BCUT2D eigenvalue weighted by Crippen LogP contribution is -2.63. The van der Waals surface area contributed by atoms with Gasteiger partial charge in [-0.1, -0.05) is 82.6 Å². The Balaban J connectivity index is 1.63. The number of para-hydroxylation sites is 1. The number of hydrogen-bond acceptors (Lipinski definition) is 18. The second kappa shape index (κ2) is 30.6. The summed E-state index contributed by atoms with van der Waals surface area (Å²) < 4.78 is 10.9. The summed E-state index contributed by atoms with van der Waals surface area (Å²) >= 11 is 0. The number of nitrogens with two attached hydrogens (primary N) is 2. The van der Waals surface area contributed by atoms with Gasteiger partial charge < -0.3 is 51.9 Å². The number of anilines is 1. The number of ether oxygens (including phenoxy) is 2. The third kappa shape index (κ3) is 17.7. The molecule has 1 saturated heterocycles. The van der Waals surface area contributed by atoms with Gasteiger partial charge in [0.1, 0.15) is 42.2 Å². The average Bonchev–Trinajstić information content (AvgIpc) is 2.19. The highest BCUT2D eigenvalue weighted by Crippen LogP contribution is 2.40. The van der Waals surface area contributed by atoms with Crippen LogP contribution in [0.5, 0.6) is 5.75 Å². The Labute approximate surface area is 488 Å². The number of benzene rings is 3. The highest BCUT2D eigenvalue weighted by atomic mass is 16.7. The highest BCUT2D eigenvalue weighted by Gasteiger charge is 2.51. The molecule has 2 heterocycles. The number of H-pyrrole nitrogens is 1. The zero-order valence-electron chi connectivity index (χ0n) is 47.8. The topological polar surface area (TPSA) is 435 Å². The number of imidazole rings is 1. The molecule has 5 amide bonds. The van der Waals surface area contributed by atoms with E-state index in [1.54, 1.807) is 45.0 Å². The Kier molecular flexibility index (Phi) is 23.8. The molecule has 0 unspecified atom stereocenters. The van der Waals surface area contributed by atoms with Crippen molar-refractivity contribution in [1.82, 2.24) is 36.2 Å². The number of carbonyl (C=O) groups excluding carboxylic acids is 7. The van der Waals surface area contributed by atoms with Crippen LogP contribution in [0.2, 0.25) is 0 Å². The fraction of sp³-hybridized carbons (Fsp3) is 0.473. The van der Waals surface area contributed by atoms with Crippen molar-refractivity contribution >= 4 is 64.3 Å². The summed E-state index contributed by atoms with van der Waals surface area (Å²) in [6, 6.07) is 8.71. The molecule has 0 radical (unpaired) electrons.